The zero-order valence-electron chi connectivity index (χ0n) is 8.11. The predicted molar refractivity (Wildman–Crippen MR) is 50.1 cm³/mol. The molecule has 0 aromatic rings. The number of fused-ring (bicyclic) bond motifs is 1. The van der Waals surface area contributed by atoms with Gasteiger partial charge in [-0.2, -0.15) is 0 Å². The van der Waals surface area contributed by atoms with Crippen LogP contribution in [0.1, 0.15) is 32.6 Å². The van der Waals surface area contributed by atoms with Gasteiger partial charge in [0.1, 0.15) is 0 Å². The van der Waals surface area contributed by atoms with Crippen LogP contribution in [-0.2, 0) is 0 Å². The summed E-state index contributed by atoms with van der Waals surface area (Å²) in [6.45, 7) is 1.83. The molecule has 3 heteroatoms. The SMILES string of the molecule is CC1(O)C2CCCC2C(O)C[C@@H]1N. The van der Waals surface area contributed by atoms with Crippen LogP contribution in [0.4, 0.5) is 0 Å². The number of nitrogens with two attached hydrogens (primary N) is 1. The van der Waals surface area contributed by atoms with E-state index in [-0.39, 0.29) is 24.0 Å². The van der Waals surface area contributed by atoms with Crippen molar-refractivity contribution in [2.24, 2.45) is 17.6 Å². The Morgan fingerprint density at radius 2 is 2.08 bits per heavy atom. The molecule has 4 unspecified atom stereocenters. The van der Waals surface area contributed by atoms with Crippen LogP contribution in [0.2, 0.25) is 0 Å². The van der Waals surface area contributed by atoms with Gasteiger partial charge in [-0.15, -0.1) is 0 Å². The van der Waals surface area contributed by atoms with Gasteiger partial charge in [-0.1, -0.05) is 6.42 Å². The minimum atomic E-state index is -0.763. The van der Waals surface area contributed by atoms with Gasteiger partial charge in [0.2, 0.25) is 0 Å². The first-order valence-corrected chi connectivity index (χ1v) is 5.19. The van der Waals surface area contributed by atoms with Crippen molar-refractivity contribution >= 4 is 0 Å². The molecule has 2 fully saturated rings. The quantitative estimate of drug-likeness (QED) is 0.506. The van der Waals surface area contributed by atoms with E-state index in [1.165, 1.54) is 0 Å². The lowest BCUT2D eigenvalue weighted by atomic mass is 9.67. The number of hydrogen-bond acceptors (Lipinski definition) is 3. The molecule has 2 aliphatic carbocycles. The van der Waals surface area contributed by atoms with Gasteiger partial charge in [0, 0.05) is 6.04 Å². The lowest BCUT2D eigenvalue weighted by Crippen LogP contribution is -2.59. The standard InChI is InChI=1S/C10H19NO2/c1-10(13)7-4-2-3-6(7)8(12)5-9(10)11/h6-9,12-13H,2-5,11H2,1H3/t6?,7?,8?,9-,10?/m0/s1. The summed E-state index contributed by atoms with van der Waals surface area (Å²) in [6.07, 6.45) is 3.45. The minimum Gasteiger partial charge on any atom is -0.393 e. The molecule has 2 aliphatic rings. The van der Waals surface area contributed by atoms with Crippen LogP contribution in [0.25, 0.3) is 0 Å². The molecule has 3 nitrogen and oxygen atoms in total. The average molecular weight is 185 g/mol. The molecule has 13 heavy (non-hydrogen) atoms. The van der Waals surface area contributed by atoms with E-state index in [4.69, 9.17) is 5.73 Å². The molecular formula is C10H19NO2. The molecule has 0 saturated heterocycles. The summed E-state index contributed by atoms with van der Waals surface area (Å²) in [4.78, 5) is 0. The van der Waals surface area contributed by atoms with E-state index in [9.17, 15) is 10.2 Å². The highest BCUT2D eigenvalue weighted by molar-refractivity contribution is 5.04. The van der Waals surface area contributed by atoms with Gasteiger partial charge >= 0.3 is 0 Å². The number of hydrogen-bond donors (Lipinski definition) is 3. The minimum absolute atomic E-state index is 0.214. The summed E-state index contributed by atoms with van der Waals surface area (Å²) in [7, 11) is 0. The van der Waals surface area contributed by atoms with Crippen LogP contribution in [0.3, 0.4) is 0 Å². The van der Waals surface area contributed by atoms with Crippen LogP contribution in [0, 0.1) is 11.8 Å². The number of aliphatic hydroxyl groups is 2. The zero-order chi connectivity index (χ0) is 9.64. The molecule has 0 aromatic heterocycles. The summed E-state index contributed by atoms with van der Waals surface area (Å²) >= 11 is 0. The Hall–Kier alpha value is -0.120. The predicted octanol–water partition coefficient (Wildman–Crippen LogP) is 0.246. The molecule has 2 rings (SSSR count). The van der Waals surface area contributed by atoms with E-state index in [0.29, 0.717) is 6.42 Å². The third kappa shape index (κ3) is 1.30. The summed E-state index contributed by atoms with van der Waals surface area (Å²) in [5.41, 5.74) is 5.09. The van der Waals surface area contributed by atoms with Crippen molar-refractivity contribution in [1.29, 1.82) is 0 Å². The van der Waals surface area contributed by atoms with E-state index >= 15 is 0 Å². The topological polar surface area (TPSA) is 66.5 Å². The summed E-state index contributed by atoms with van der Waals surface area (Å²) in [5.74, 6) is 0.501. The van der Waals surface area contributed by atoms with Gasteiger partial charge in [-0.3, -0.25) is 0 Å². The fourth-order valence-electron chi connectivity index (χ4n) is 3.12. The Bertz CT molecular complexity index is 205. The fourth-order valence-corrected chi connectivity index (χ4v) is 3.12. The average Bonchev–Trinajstić information content (AvgIpc) is 2.49. The second-order valence-electron chi connectivity index (χ2n) is 4.84. The molecule has 5 atom stereocenters. The Balaban J connectivity index is 2.22. The highest BCUT2D eigenvalue weighted by atomic mass is 16.3. The maximum Gasteiger partial charge on any atom is 0.0802 e. The van der Waals surface area contributed by atoms with Crippen LogP contribution in [0.5, 0.6) is 0 Å². The van der Waals surface area contributed by atoms with Crippen LogP contribution < -0.4 is 5.73 Å². The van der Waals surface area contributed by atoms with E-state index in [1.54, 1.807) is 0 Å². The van der Waals surface area contributed by atoms with Crippen molar-refractivity contribution < 1.29 is 10.2 Å². The Labute approximate surface area is 78.9 Å². The third-order valence-electron chi connectivity index (χ3n) is 4.06. The van der Waals surface area contributed by atoms with E-state index in [2.05, 4.69) is 0 Å². The second kappa shape index (κ2) is 2.94. The van der Waals surface area contributed by atoms with Crippen molar-refractivity contribution in [2.75, 3.05) is 0 Å². The van der Waals surface area contributed by atoms with Crippen molar-refractivity contribution in [3.63, 3.8) is 0 Å². The molecule has 0 amide bonds. The maximum atomic E-state index is 10.2. The molecule has 4 N–H and O–H groups in total. The highest BCUT2D eigenvalue weighted by Gasteiger charge is 2.51. The fraction of sp³-hybridized carbons (Fsp3) is 1.00. The summed E-state index contributed by atoms with van der Waals surface area (Å²) in [6, 6.07) is -0.262. The molecule has 0 radical (unpaired) electrons. The molecule has 0 bridgehead atoms. The normalized spacial score (nSPS) is 56.3. The van der Waals surface area contributed by atoms with Crippen LogP contribution in [-0.4, -0.2) is 28.0 Å². The van der Waals surface area contributed by atoms with Crippen molar-refractivity contribution in [1.82, 2.24) is 0 Å². The maximum absolute atomic E-state index is 10.2. The van der Waals surface area contributed by atoms with E-state index in [1.807, 2.05) is 6.92 Å². The molecule has 0 aromatic carbocycles. The number of aliphatic hydroxyl groups excluding tert-OH is 1. The van der Waals surface area contributed by atoms with Gasteiger partial charge in [0.25, 0.3) is 0 Å². The molecular weight excluding hydrogens is 166 g/mol. The van der Waals surface area contributed by atoms with Crippen LogP contribution >= 0.6 is 0 Å². The van der Waals surface area contributed by atoms with Crippen molar-refractivity contribution in [3.8, 4) is 0 Å². The highest BCUT2D eigenvalue weighted by Crippen LogP contribution is 2.46. The van der Waals surface area contributed by atoms with Gasteiger partial charge in [0.05, 0.1) is 11.7 Å². The van der Waals surface area contributed by atoms with Gasteiger partial charge < -0.3 is 15.9 Å². The van der Waals surface area contributed by atoms with Crippen molar-refractivity contribution in [2.45, 2.75) is 50.4 Å². The lowest BCUT2D eigenvalue weighted by Gasteiger charge is -2.46. The Morgan fingerprint density at radius 1 is 1.38 bits per heavy atom. The summed E-state index contributed by atoms with van der Waals surface area (Å²) < 4.78 is 0. The Kier molecular flexibility index (Phi) is 2.13. The molecule has 2 saturated carbocycles. The van der Waals surface area contributed by atoms with Crippen LogP contribution in [0.15, 0.2) is 0 Å². The first-order chi connectivity index (χ1) is 6.03. The Morgan fingerprint density at radius 3 is 2.77 bits per heavy atom. The molecule has 0 spiro atoms. The third-order valence-corrected chi connectivity index (χ3v) is 4.06. The largest absolute Gasteiger partial charge is 0.393 e. The van der Waals surface area contributed by atoms with Gasteiger partial charge in [-0.05, 0) is 38.0 Å². The lowest BCUT2D eigenvalue weighted by molar-refractivity contribution is -0.106. The first-order valence-electron chi connectivity index (χ1n) is 5.19. The van der Waals surface area contributed by atoms with E-state index < -0.39 is 5.60 Å². The molecule has 76 valence electrons. The van der Waals surface area contributed by atoms with Gasteiger partial charge in [0.15, 0.2) is 0 Å². The van der Waals surface area contributed by atoms with Gasteiger partial charge in [-0.25, -0.2) is 0 Å². The number of rotatable bonds is 0. The zero-order valence-corrected chi connectivity index (χ0v) is 8.11. The second-order valence-corrected chi connectivity index (χ2v) is 4.84. The van der Waals surface area contributed by atoms with Crippen molar-refractivity contribution in [3.05, 3.63) is 0 Å². The molecule has 0 aliphatic heterocycles. The summed E-state index contributed by atoms with van der Waals surface area (Å²) in [5, 5.41) is 20.0. The first kappa shape index (κ1) is 9.44. The monoisotopic (exact) mass is 185 g/mol. The smallest absolute Gasteiger partial charge is 0.0802 e. The van der Waals surface area contributed by atoms with E-state index in [0.717, 1.165) is 19.3 Å². The molecule has 0 heterocycles.